The Bertz CT molecular complexity index is 604. The topological polar surface area (TPSA) is 62.3 Å². The average molecular weight is 279 g/mol. The van der Waals surface area contributed by atoms with Crippen LogP contribution < -0.4 is 15.2 Å². The highest BCUT2D eigenvalue weighted by atomic mass is 19.1. The van der Waals surface area contributed by atoms with Crippen molar-refractivity contribution in [3.8, 4) is 22.8 Å². The van der Waals surface area contributed by atoms with E-state index in [1.807, 2.05) is 0 Å². The second-order valence-corrected chi connectivity index (χ2v) is 4.49. The molecule has 2 aromatic rings. The Balaban J connectivity index is 2.66. The number of aromatic nitrogens is 2. The van der Waals surface area contributed by atoms with Crippen molar-refractivity contribution in [1.82, 2.24) is 9.78 Å². The average Bonchev–Trinajstić information content (AvgIpc) is 2.76. The van der Waals surface area contributed by atoms with Gasteiger partial charge in [0.1, 0.15) is 12.0 Å². The van der Waals surface area contributed by atoms with Crippen LogP contribution in [-0.4, -0.2) is 24.0 Å². The van der Waals surface area contributed by atoms with Crippen molar-refractivity contribution in [3.63, 3.8) is 0 Å². The van der Waals surface area contributed by atoms with E-state index in [1.165, 1.54) is 21.1 Å². The normalized spacial score (nSPS) is 12.2. The molecule has 0 saturated carbocycles. The third kappa shape index (κ3) is 2.41. The zero-order valence-electron chi connectivity index (χ0n) is 12.0. The number of alkyl halides is 1. The first kappa shape index (κ1) is 14.2. The number of methoxy groups -OCH3 is 2. The molecule has 0 fully saturated rings. The lowest BCUT2D eigenvalue weighted by atomic mass is 10.00. The van der Waals surface area contributed by atoms with Crippen LogP contribution in [0.4, 0.5) is 10.2 Å². The van der Waals surface area contributed by atoms with Crippen LogP contribution in [0.3, 0.4) is 0 Å². The Labute approximate surface area is 117 Å². The Morgan fingerprint density at radius 3 is 2.25 bits per heavy atom. The smallest absolute Gasteiger partial charge is 0.161 e. The maximum Gasteiger partial charge on any atom is 0.161 e. The van der Waals surface area contributed by atoms with Crippen molar-refractivity contribution in [2.45, 2.75) is 13.1 Å². The Morgan fingerprint density at radius 1 is 1.20 bits per heavy atom. The first-order valence-electron chi connectivity index (χ1n) is 6.17. The lowest BCUT2D eigenvalue weighted by molar-refractivity contribution is 0.347. The number of aryl methyl sites for hydroxylation is 1. The summed E-state index contributed by atoms with van der Waals surface area (Å²) in [6.45, 7) is 1.47. The van der Waals surface area contributed by atoms with Gasteiger partial charge in [0.05, 0.1) is 19.9 Å². The lowest BCUT2D eigenvalue weighted by Gasteiger charge is -2.14. The van der Waals surface area contributed by atoms with E-state index in [-0.39, 0.29) is 0 Å². The summed E-state index contributed by atoms with van der Waals surface area (Å²) in [4.78, 5) is 0. The number of hydrogen-bond acceptors (Lipinski definition) is 4. The molecule has 2 N–H and O–H groups in total. The number of nitrogens with zero attached hydrogens (tertiary/aromatic N) is 2. The van der Waals surface area contributed by atoms with Gasteiger partial charge in [-0.25, -0.2) is 4.39 Å². The fourth-order valence-corrected chi connectivity index (χ4v) is 2.06. The molecular weight excluding hydrogens is 261 g/mol. The highest BCUT2D eigenvalue weighted by Gasteiger charge is 2.19. The second kappa shape index (κ2) is 5.40. The molecule has 1 atom stereocenters. The monoisotopic (exact) mass is 279 g/mol. The van der Waals surface area contributed by atoms with Crippen molar-refractivity contribution in [1.29, 1.82) is 0 Å². The molecule has 108 valence electrons. The van der Waals surface area contributed by atoms with E-state index in [1.54, 1.807) is 29.9 Å². The summed E-state index contributed by atoms with van der Waals surface area (Å²) in [6.07, 6.45) is -1.16. The fraction of sp³-hybridized carbons (Fsp3) is 0.357. The molecular formula is C14H18FN3O2. The molecule has 0 aliphatic rings. The van der Waals surface area contributed by atoms with Gasteiger partial charge in [-0.1, -0.05) is 0 Å². The van der Waals surface area contributed by atoms with Gasteiger partial charge in [-0.15, -0.1) is 0 Å². The number of nitrogen functional groups attached to an aromatic ring is 1. The highest BCUT2D eigenvalue weighted by Crippen LogP contribution is 2.39. The molecule has 1 aromatic carbocycles. The number of nitrogens with two attached hydrogens (primary N) is 1. The van der Waals surface area contributed by atoms with Crippen molar-refractivity contribution >= 4 is 5.82 Å². The summed E-state index contributed by atoms with van der Waals surface area (Å²) in [5.41, 5.74) is 7.51. The molecule has 0 aliphatic carbocycles. The minimum absolute atomic E-state index is 0.486. The van der Waals surface area contributed by atoms with E-state index in [2.05, 4.69) is 5.10 Å². The van der Waals surface area contributed by atoms with Crippen molar-refractivity contribution in [2.75, 3.05) is 20.0 Å². The molecule has 20 heavy (non-hydrogen) atoms. The van der Waals surface area contributed by atoms with Crippen LogP contribution in [0, 0.1) is 0 Å². The Hall–Kier alpha value is -2.24. The predicted molar refractivity (Wildman–Crippen MR) is 75.7 cm³/mol. The first-order chi connectivity index (χ1) is 9.47. The first-order valence-corrected chi connectivity index (χ1v) is 6.17. The number of halogens is 1. The van der Waals surface area contributed by atoms with Gasteiger partial charge in [0, 0.05) is 18.7 Å². The lowest BCUT2D eigenvalue weighted by Crippen LogP contribution is -1.99. The largest absolute Gasteiger partial charge is 0.493 e. The zero-order chi connectivity index (χ0) is 14.9. The molecule has 0 amide bonds. The summed E-state index contributed by atoms with van der Waals surface area (Å²) in [6, 6.07) is 5.04. The molecule has 6 heteroatoms. The summed E-state index contributed by atoms with van der Waals surface area (Å²) in [5, 5.41) is 4.28. The molecule has 0 spiro atoms. The molecule has 0 bridgehead atoms. The van der Waals surface area contributed by atoms with Crippen LogP contribution in [0.2, 0.25) is 0 Å². The summed E-state index contributed by atoms with van der Waals surface area (Å²) in [7, 11) is 4.79. The standard InChI is InChI=1S/C14H18FN3O2/c1-8(15)9-5-12(19-3)13(20-4)6-10(9)11-7-14(16)18(2)17-11/h5-8H,16H2,1-4H3. The molecule has 0 aliphatic heterocycles. The number of anilines is 1. The Morgan fingerprint density at radius 2 is 1.80 bits per heavy atom. The van der Waals surface area contributed by atoms with Gasteiger partial charge in [0.15, 0.2) is 11.5 Å². The van der Waals surface area contributed by atoms with Gasteiger partial charge in [-0.2, -0.15) is 5.10 Å². The molecule has 0 radical (unpaired) electrons. The van der Waals surface area contributed by atoms with Gasteiger partial charge in [0.25, 0.3) is 0 Å². The number of rotatable bonds is 4. The van der Waals surface area contributed by atoms with Gasteiger partial charge < -0.3 is 15.2 Å². The van der Waals surface area contributed by atoms with Gasteiger partial charge in [-0.05, 0) is 24.6 Å². The van der Waals surface area contributed by atoms with Gasteiger partial charge >= 0.3 is 0 Å². The molecule has 1 heterocycles. The summed E-state index contributed by atoms with van der Waals surface area (Å²) in [5.74, 6) is 1.52. The zero-order valence-corrected chi connectivity index (χ0v) is 12.0. The summed E-state index contributed by atoms with van der Waals surface area (Å²) < 4.78 is 25.9. The molecule has 5 nitrogen and oxygen atoms in total. The van der Waals surface area contributed by atoms with Crippen molar-refractivity contribution in [3.05, 3.63) is 23.8 Å². The van der Waals surface area contributed by atoms with E-state index in [9.17, 15) is 4.39 Å². The maximum atomic E-state index is 13.9. The minimum Gasteiger partial charge on any atom is -0.493 e. The van der Waals surface area contributed by atoms with E-state index in [4.69, 9.17) is 15.2 Å². The minimum atomic E-state index is -1.16. The number of benzene rings is 1. The van der Waals surface area contributed by atoms with Crippen molar-refractivity contribution < 1.29 is 13.9 Å². The molecule has 0 saturated heterocycles. The van der Waals surface area contributed by atoms with Crippen LogP contribution in [-0.2, 0) is 7.05 Å². The molecule has 2 rings (SSSR count). The highest BCUT2D eigenvalue weighted by molar-refractivity contribution is 5.70. The van der Waals surface area contributed by atoms with E-state index in [0.717, 1.165) is 0 Å². The predicted octanol–water partition coefficient (Wildman–Crippen LogP) is 2.72. The summed E-state index contributed by atoms with van der Waals surface area (Å²) >= 11 is 0. The van der Waals surface area contributed by atoms with Gasteiger partial charge in [-0.3, -0.25) is 4.68 Å². The molecule has 1 unspecified atom stereocenters. The van der Waals surface area contributed by atoms with E-state index < -0.39 is 6.17 Å². The van der Waals surface area contributed by atoms with Crippen LogP contribution in [0.15, 0.2) is 18.2 Å². The number of ether oxygens (including phenoxy) is 2. The number of hydrogen-bond donors (Lipinski definition) is 1. The quantitative estimate of drug-likeness (QED) is 0.934. The van der Waals surface area contributed by atoms with Crippen LogP contribution in [0.1, 0.15) is 18.7 Å². The van der Waals surface area contributed by atoms with Crippen LogP contribution >= 0.6 is 0 Å². The third-order valence-corrected chi connectivity index (χ3v) is 3.18. The third-order valence-electron chi connectivity index (χ3n) is 3.18. The maximum absolute atomic E-state index is 13.9. The fourth-order valence-electron chi connectivity index (χ4n) is 2.06. The SMILES string of the molecule is COc1cc(-c2cc(N)n(C)n2)c(C(C)F)cc1OC. The van der Waals surface area contributed by atoms with Crippen LogP contribution in [0.25, 0.3) is 11.3 Å². The van der Waals surface area contributed by atoms with E-state index in [0.29, 0.717) is 34.1 Å². The Kier molecular flexibility index (Phi) is 3.83. The van der Waals surface area contributed by atoms with Crippen molar-refractivity contribution in [2.24, 2.45) is 7.05 Å². The van der Waals surface area contributed by atoms with Gasteiger partial charge in [0.2, 0.25) is 0 Å². The second-order valence-electron chi connectivity index (χ2n) is 4.49. The van der Waals surface area contributed by atoms with Crippen LogP contribution in [0.5, 0.6) is 11.5 Å². The van der Waals surface area contributed by atoms with E-state index >= 15 is 0 Å². The molecule has 1 aromatic heterocycles.